The maximum atomic E-state index is 5.03. The van der Waals surface area contributed by atoms with Gasteiger partial charge < -0.3 is 9.13 Å². The molecule has 4 aromatic carbocycles. The predicted molar refractivity (Wildman–Crippen MR) is 133 cm³/mol. The summed E-state index contributed by atoms with van der Waals surface area (Å²) in [6.07, 6.45) is 0.670. The second kappa shape index (κ2) is 8.40. The van der Waals surface area contributed by atoms with E-state index in [-0.39, 0.29) is 0 Å². The first-order chi connectivity index (χ1) is 16.3. The summed E-state index contributed by atoms with van der Waals surface area (Å²) < 4.78 is 4.66. The molecule has 33 heavy (non-hydrogen) atoms. The second-order valence-corrected chi connectivity index (χ2v) is 8.35. The number of para-hydroxylation sites is 4. The van der Waals surface area contributed by atoms with Gasteiger partial charge in [-0.2, -0.15) is 0 Å². The SMILES string of the molecule is c1ccc(Cn2c(Cc3nc4ccccc4n3Cc3ccccc3)nc3ccccc32)cc1. The van der Waals surface area contributed by atoms with Crippen LogP contribution in [0, 0.1) is 0 Å². The summed E-state index contributed by atoms with van der Waals surface area (Å²) in [6, 6.07) is 37.9. The molecular weight excluding hydrogens is 404 g/mol. The number of fused-ring (bicyclic) bond motifs is 2. The molecule has 6 rings (SSSR count). The molecule has 0 bridgehead atoms. The first-order valence-electron chi connectivity index (χ1n) is 11.3. The van der Waals surface area contributed by atoms with Crippen molar-refractivity contribution >= 4 is 22.1 Å². The Morgan fingerprint density at radius 2 is 0.848 bits per heavy atom. The van der Waals surface area contributed by atoms with Gasteiger partial charge in [0.15, 0.2) is 0 Å². The summed E-state index contributed by atoms with van der Waals surface area (Å²) in [5.74, 6) is 2.06. The molecule has 0 amide bonds. The Balaban J connectivity index is 1.46. The molecule has 4 nitrogen and oxygen atoms in total. The third-order valence-corrected chi connectivity index (χ3v) is 6.15. The molecule has 2 aromatic heterocycles. The summed E-state index contributed by atoms with van der Waals surface area (Å²) >= 11 is 0. The summed E-state index contributed by atoms with van der Waals surface area (Å²) in [5.41, 5.74) is 6.88. The van der Waals surface area contributed by atoms with E-state index in [1.807, 2.05) is 0 Å². The van der Waals surface area contributed by atoms with Gasteiger partial charge in [-0.15, -0.1) is 0 Å². The van der Waals surface area contributed by atoms with Crippen molar-refractivity contribution in [2.75, 3.05) is 0 Å². The number of imidazole rings is 2. The minimum Gasteiger partial charge on any atom is -0.323 e. The van der Waals surface area contributed by atoms with E-state index in [1.165, 1.54) is 11.1 Å². The van der Waals surface area contributed by atoms with Crippen molar-refractivity contribution in [2.24, 2.45) is 0 Å². The number of nitrogens with zero attached hydrogens (tertiary/aromatic N) is 4. The van der Waals surface area contributed by atoms with Crippen LogP contribution in [0.3, 0.4) is 0 Å². The van der Waals surface area contributed by atoms with Crippen LogP contribution >= 0.6 is 0 Å². The van der Waals surface area contributed by atoms with Crippen LogP contribution in [0.5, 0.6) is 0 Å². The van der Waals surface area contributed by atoms with Gasteiger partial charge in [-0.3, -0.25) is 0 Å². The Morgan fingerprint density at radius 1 is 0.455 bits per heavy atom. The van der Waals surface area contributed by atoms with Gasteiger partial charge in [-0.25, -0.2) is 9.97 Å². The maximum Gasteiger partial charge on any atom is 0.117 e. The molecule has 4 heteroatoms. The van der Waals surface area contributed by atoms with Gasteiger partial charge in [0, 0.05) is 13.1 Å². The van der Waals surface area contributed by atoms with Crippen LogP contribution in [-0.4, -0.2) is 19.1 Å². The first-order valence-corrected chi connectivity index (χ1v) is 11.3. The number of rotatable bonds is 6. The smallest absolute Gasteiger partial charge is 0.117 e. The number of benzene rings is 4. The zero-order chi connectivity index (χ0) is 22.0. The van der Waals surface area contributed by atoms with Crippen LogP contribution in [0.25, 0.3) is 22.1 Å². The average Bonchev–Trinajstić information content (AvgIpc) is 3.38. The van der Waals surface area contributed by atoms with E-state index < -0.39 is 0 Å². The van der Waals surface area contributed by atoms with E-state index in [1.54, 1.807) is 0 Å². The minimum atomic E-state index is 0.670. The van der Waals surface area contributed by atoms with Crippen LogP contribution in [0.2, 0.25) is 0 Å². The fourth-order valence-electron chi connectivity index (χ4n) is 4.55. The largest absolute Gasteiger partial charge is 0.323 e. The Bertz CT molecular complexity index is 1410. The highest BCUT2D eigenvalue weighted by Gasteiger charge is 2.17. The van der Waals surface area contributed by atoms with Crippen molar-refractivity contribution in [3.63, 3.8) is 0 Å². The number of hydrogen-bond donors (Lipinski definition) is 0. The van der Waals surface area contributed by atoms with E-state index in [9.17, 15) is 0 Å². The van der Waals surface area contributed by atoms with Crippen molar-refractivity contribution in [2.45, 2.75) is 19.5 Å². The topological polar surface area (TPSA) is 35.6 Å². The Kier molecular flexibility index (Phi) is 4.96. The van der Waals surface area contributed by atoms with E-state index >= 15 is 0 Å². The highest BCUT2D eigenvalue weighted by Crippen LogP contribution is 2.23. The molecule has 0 radical (unpaired) electrons. The molecule has 0 aliphatic carbocycles. The van der Waals surface area contributed by atoms with Gasteiger partial charge in [0.05, 0.1) is 28.5 Å². The highest BCUT2D eigenvalue weighted by atomic mass is 15.1. The lowest BCUT2D eigenvalue weighted by atomic mass is 10.2. The lowest BCUT2D eigenvalue weighted by Crippen LogP contribution is -2.11. The van der Waals surface area contributed by atoms with Crippen LogP contribution in [0.15, 0.2) is 109 Å². The molecule has 0 aliphatic heterocycles. The van der Waals surface area contributed by atoms with Gasteiger partial charge in [0.25, 0.3) is 0 Å². The van der Waals surface area contributed by atoms with Gasteiger partial charge >= 0.3 is 0 Å². The van der Waals surface area contributed by atoms with Gasteiger partial charge in [0.1, 0.15) is 11.6 Å². The van der Waals surface area contributed by atoms with E-state index in [4.69, 9.17) is 9.97 Å². The summed E-state index contributed by atoms with van der Waals surface area (Å²) in [7, 11) is 0. The molecule has 0 aliphatic rings. The molecule has 2 heterocycles. The van der Waals surface area contributed by atoms with Gasteiger partial charge in [0.2, 0.25) is 0 Å². The predicted octanol–water partition coefficient (Wildman–Crippen LogP) is 6.07. The molecule has 0 fully saturated rings. The summed E-state index contributed by atoms with van der Waals surface area (Å²) in [5, 5.41) is 0. The van der Waals surface area contributed by atoms with Crippen molar-refractivity contribution in [1.82, 2.24) is 19.1 Å². The normalized spacial score (nSPS) is 11.4. The van der Waals surface area contributed by atoms with E-state index in [2.05, 4.69) is 118 Å². The molecule has 0 saturated heterocycles. The fraction of sp³-hybridized carbons (Fsp3) is 0.103. The third-order valence-electron chi connectivity index (χ3n) is 6.15. The van der Waals surface area contributed by atoms with Crippen molar-refractivity contribution in [3.05, 3.63) is 132 Å². The van der Waals surface area contributed by atoms with Crippen LogP contribution in [0.1, 0.15) is 22.8 Å². The fourth-order valence-corrected chi connectivity index (χ4v) is 4.55. The van der Waals surface area contributed by atoms with E-state index in [0.29, 0.717) is 6.42 Å². The van der Waals surface area contributed by atoms with Gasteiger partial charge in [-0.05, 0) is 35.4 Å². The van der Waals surface area contributed by atoms with Gasteiger partial charge in [-0.1, -0.05) is 84.9 Å². The molecule has 0 N–H and O–H groups in total. The molecule has 0 unspecified atom stereocenters. The summed E-state index contributed by atoms with van der Waals surface area (Å²) in [4.78, 5) is 10.1. The Hall–Kier alpha value is -4.18. The second-order valence-electron chi connectivity index (χ2n) is 8.35. The maximum absolute atomic E-state index is 5.03. The first kappa shape index (κ1) is 19.5. The van der Waals surface area contributed by atoms with Crippen molar-refractivity contribution < 1.29 is 0 Å². The lowest BCUT2D eigenvalue weighted by Gasteiger charge is -2.12. The average molecular weight is 429 g/mol. The molecular formula is C29H24N4. The third kappa shape index (κ3) is 3.80. The Morgan fingerprint density at radius 3 is 1.30 bits per heavy atom. The zero-order valence-electron chi connectivity index (χ0n) is 18.3. The molecule has 0 spiro atoms. The minimum absolute atomic E-state index is 0.670. The lowest BCUT2D eigenvalue weighted by molar-refractivity contribution is 0.709. The molecule has 160 valence electrons. The molecule has 6 aromatic rings. The number of aromatic nitrogens is 4. The van der Waals surface area contributed by atoms with Crippen LogP contribution < -0.4 is 0 Å². The molecule has 0 saturated carbocycles. The van der Waals surface area contributed by atoms with E-state index in [0.717, 1.165) is 46.8 Å². The van der Waals surface area contributed by atoms with Crippen molar-refractivity contribution in [1.29, 1.82) is 0 Å². The zero-order valence-corrected chi connectivity index (χ0v) is 18.3. The summed E-state index contributed by atoms with van der Waals surface area (Å²) in [6.45, 7) is 1.57. The van der Waals surface area contributed by atoms with Crippen molar-refractivity contribution in [3.8, 4) is 0 Å². The molecule has 0 atom stereocenters. The monoisotopic (exact) mass is 428 g/mol. The quantitative estimate of drug-likeness (QED) is 0.323. The highest BCUT2D eigenvalue weighted by molar-refractivity contribution is 5.77. The standard InChI is InChI=1S/C29H24N4/c1-3-11-22(12-4-1)20-32-26-17-9-7-15-24(26)30-28(32)19-29-31-25-16-8-10-18-27(25)33(29)21-23-13-5-2-6-14-23/h1-18H,19-21H2. The Labute approximate surface area is 192 Å². The number of hydrogen-bond acceptors (Lipinski definition) is 2. The van der Waals surface area contributed by atoms with Crippen LogP contribution in [-0.2, 0) is 19.5 Å². The van der Waals surface area contributed by atoms with Crippen LogP contribution in [0.4, 0.5) is 0 Å².